The second-order valence-electron chi connectivity index (χ2n) is 3.71. The summed E-state index contributed by atoms with van der Waals surface area (Å²) in [5.74, 6) is 0.472. The smallest absolute Gasteiger partial charge is 0.176 e. The molecule has 1 aromatic carbocycles. The van der Waals surface area contributed by atoms with E-state index in [9.17, 15) is 4.91 Å². The molecule has 0 aliphatic rings. The van der Waals surface area contributed by atoms with Gasteiger partial charge in [-0.15, -0.1) is 15.1 Å². The zero-order valence-corrected chi connectivity index (χ0v) is 9.66. The second kappa shape index (κ2) is 4.69. The van der Waals surface area contributed by atoms with Crippen molar-refractivity contribution in [2.75, 3.05) is 12.1 Å². The summed E-state index contributed by atoms with van der Waals surface area (Å²) in [6.07, 6.45) is 0. The van der Waals surface area contributed by atoms with Crippen LogP contribution in [0, 0.1) is 11.8 Å². The molecule has 2 rings (SSSR count). The lowest BCUT2D eigenvalue weighted by Gasteiger charge is -2.10. The molecule has 0 N–H and O–H groups in total. The Balaban J connectivity index is 2.41. The predicted octanol–water partition coefficient (Wildman–Crippen LogP) is 2.57. The molecule has 0 atom stereocenters. The largest absolute Gasteiger partial charge is 0.212 e. The van der Waals surface area contributed by atoms with Gasteiger partial charge in [0.15, 0.2) is 5.82 Å². The maximum atomic E-state index is 10.4. The number of aryl methyl sites for hydroxylation is 1. The molecule has 0 fully saturated rings. The van der Waals surface area contributed by atoms with E-state index in [0.29, 0.717) is 5.82 Å². The van der Waals surface area contributed by atoms with E-state index in [1.807, 2.05) is 43.3 Å². The van der Waals surface area contributed by atoms with Crippen molar-refractivity contribution in [1.29, 1.82) is 0 Å². The minimum atomic E-state index is 0.472. The molecule has 1 heterocycles. The van der Waals surface area contributed by atoms with Gasteiger partial charge < -0.3 is 0 Å². The van der Waals surface area contributed by atoms with Crippen molar-refractivity contribution in [2.45, 2.75) is 6.92 Å². The maximum absolute atomic E-state index is 10.4. The first-order valence-corrected chi connectivity index (χ1v) is 5.19. The number of benzene rings is 1. The van der Waals surface area contributed by atoms with Gasteiger partial charge >= 0.3 is 0 Å². The van der Waals surface area contributed by atoms with E-state index in [0.717, 1.165) is 21.8 Å². The van der Waals surface area contributed by atoms with E-state index in [-0.39, 0.29) is 0 Å². The van der Waals surface area contributed by atoms with Crippen LogP contribution in [0.1, 0.15) is 5.56 Å². The molecular weight excluding hydrogens is 216 g/mol. The number of rotatable bonds is 3. The Hall–Kier alpha value is -2.30. The Kier molecular flexibility index (Phi) is 3.09. The molecule has 0 saturated heterocycles. The van der Waals surface area contributed by atoms with E-state index in [1.165, 1.54) is 0 Å². The minimum absolute atomic E-state index is 0.472. The predicted molar refractivity (Wildman–Crippen MR) is 66.4 cm³/mol. The third-order valence-electron chi connectivity index (χ3n) is 2.46. The summed E-state index contributed by atoms with van der Waals surface area (Å²) in [4.78, 5) is 10.4. The SMILES string of the molecule is Cc1cc(-c2ccccc2)nnc1N(C)N=O. The average Bonchev–Trinajstić information content (AvgIpc) is 2.39. The molecule has 0 bridgehead atoms. The van der Waals surface area contributed by atoms with Gasteiger partial charge in [0, 0.05) is 12.6 Å². The van der Waals surface area contributed by atoms with Gasteiger partial charge in [-0.05, 0) is 18.6 Å². The van der Waals surface area contributed by atoms with E-state index < -0.39 is 0 Å². The summed E-state index contributed by atoms with van der Waals surface area (Å²) in [7, 11) is 1.55. The van der Waals surface area contributed by atoms with Crippen LogP contribution >= 0.6 is 0 Å². The summed E-state index contributed by atoms with van der Waals surface area (Å²) in [5, 5.41) is 12.1. The number of hydrogen-bond acceptors (Lipinski definition) is 4. The van der Waals surface area contributed by atoms with Crippen LogP contribution in [0.3, 0.4) is 0 Å². The van der Waals surface area contributed by atoms with Crippen molar-refractivity contribution < 1.29 is 0 Å². The van der Waals surface area contributed by atoms with Gasteiger partial charge in [0.2, 0.25) is 0 Å². The quantitative estimate of drug-likeness (QED) is 0.598. The summed E-state index contributed by atoms with van der Waals surface area (Å²) >= 11 is 0. The lowest BCUT2D eigenvalue weighted by Crippen LogP contribution is -2.11. The third kappa shape index (κ3) is 2.28. The van der Waals surface area contributed by atoms with Crippen molar-refractivity contribution in [3.05, 3.63) is 46.9 Å². The molecule has 2 aromatic rings. The van der Waals surface area contributed by atoms with Crippen molar-refractivity contribution in [3.8, 4) is 11.3 Å². The van der Waals surface area contributed by atoms with Crippen LogP contribution < -0.4 is 5.01 Å². The monoisotopic (exact) mass is 228 g/mol. The highest BCUT2D eigenvalue weighted by Crippen LogP contribution is 2.21. The molecular formula is C12H12N4O. The molecule has 5 heteroatoms. The number of nitrogens with zero attached hydrogens (tertiary/aromatic N) is 4. The molecule has 0 radical (unpaired) electrons. The summed E-state index contributed by atoms with van der Waals surface area (Å²) in [6.45, 7) is 1.87. The number of anilines is 1. The number of hydrogen-bond donors (Lipinski definition) is 0. The minimum Gasteiger partial charge on any atom is -0.212 e. The molecule has 0 aliphatic heterocycles. The van der Waals surface area contributed by atoms with Gasteiger partial charge in [-0.2, -0.15) is 0 Å². The van der Waals surface area contributed by atoms with Crippen LogP contribution in [0.25, 0.3) is 11.3 Å². The van der Waals surface area contributed by atoms with Crippen LogP contribution in [0.2, 0.25) is 0 Å². The Labute approximate surface area is 99.1 Å². The van der Waals surface area contributed by atoms with Gasteiger partial charge in [-0.3, -0.25) is 0 Å². The fraction of sp³-hybridized carbons (Fsp3) is 0.167. The lowest BCUT2D eigenvalue weighted by atomic mass is 10.1. The van der Waals surface area contributed by atoms with Crippen LogP contribution in [-0.2, 0) is 0 Å². The highest BCUT2D eigenvalue weighted by atomic mass is 16.3. The van der Waals surface area contributed by atoms with Gasteiger partial charge in [0.25, 0.3) is 0 Å². The summed E-state index contributed by atoms with van der Waals surface area (Å²) in [5.41, 5.74) is 2.64. The van der Waals surface area contributed by atoms with E-state index >= 15 is 0 Å². The Morgan fingerprint density at radius 1 is 1.18 bits per heavy atom. The standard InChI is InChI=1S/C12H12N4O/c1-9-8-11(10-6-4-3-5-7-10)13-14-12(9)16(2)15-17/h3-8H,1-2H3. The number of nitroso groups, excluding NO2 is 1. The highest BCUT2D eigenvalue weighted by molar-refractivity contribution is 5.61. The normalized spacial score (nSPS) is 10.0. The fourth-order valence-corrected chi connectivity index (χ4v) is 1.59. The van der Waals surface area contributed by atoms with Crippen molar-refractivity contribution in [1.82, 2.24) is 10.2 Å². The van der Waals surface area contributed by atoms with Crippen molar-refractivity contribution in [2.24, 2.45) is 5.29 Å². The first kappa shape index (κ1) is 11.2. The van der Waals surface area contributed by atoms with Crippen LogP contribution in [0.15, 0.2) is 41.7 Å². The fourth-order valence-electron chi connectivity index (χ4n) is 1.59. The molecule has 5 nitrogen and oxygen atoms in total. The summed E-state index contributed by atoms with van der Waals surface area (Å²) in [6, 6.07) is 11.6. The topological polar surface area (TPSA) is 58.5 Å². The molecule has 1 aromatic heterocycles. The van der Waals surface area contributed by atoms with Crippen LogP contribution in [0.5, 0.6) is 0 Å². The van der Waals surface area contributed by atoms with Gasteiger partial charge in [-0.25, -0.2) is 5.01 Å². The Morgan fingerprint density at radius 2 is 1.88 bits per heavy atom. The van der Waals surface area contributed by atoms with Crippen LogP contribution in [-0.4, -0.2) is 17.2 Å². The zero-order chi connectivity index (χ0) is 12.3. The first-order chi connectivity index (χ1) is 8.22. The Bertz CT molecular complexity index is 527. The molecule has 0 saturated carbocycles. The van der Waals surface area contributed by atoms with Crippen molar-refractivity contribution in [3.63, 3.8) is 0 Å². The Morgan fingerprint density at radius 3 is 2.47 bits per heavy atom. The second-order valence-corrected chi connectivity index (χ2v) is 3.71. The van der Waals surface area contributed by atoms with Crippen LogP contribution in [0.4, 0.5) is 5.82 Å². The number of aromatic nitrogens is 2. The molecule has 0 unspecified atom stereocenters. The van der Waals surface area contributed by atoms with Gasteiger partial charge in [0.05, 0.1) is 11.0 Å². The highest BCUT2D eigenvalue weighted by Gasteiger charge is 2.09. The lowest BCUT2D eigenvalue weighted by molar-refractivity contribution is 0.903. The van der Waals surface area contributed by atoms with Gasteiger partial charge in [0.1, 0.15) is 0 Å². The van der Waals surface area contributed by atoms with Crippen molar-refractivity contribution >= 4 is 5.82 Å². The van der Waals surface area contributed by atoms with E-state index in [4.69, 9.17) is 0 Å². The third-order valence-corrected chi connectivity index (χ3v) is 2.46. The van der Waals surface area contributed by atoms with E-state index in [2.05, 4.69) is 15.5 Å². The maximum Gasteiger partial charge on any atom is 0.176 e. The molecule has 86 valence electrons. The average molecular weight is 228 g/mol. The first-order valence-electron chi connectivity index (χ1n) is 5.19. The zero-order valence-electron chi connectivity index (χ0n) is 9.66. The molecule has 0 spiro atoms. The van der Waals surface area contributed by atoms with E-state index in [1.54, 1.807) is 7.05 Å². The summed E-state index contributed by atoms with van der Waals surface area (Å²) < 4.78 is 0. The van der Waals surface area contributed by atoms with Gasteiger partial charge in [-0.1, -0.05) is 30.3 Å². The molecule has 0 aliphatic carbocycles. The molecule has 0 amide bonds. The molecule has 17 heavy (non-hydrogen) atoms.